The number of nitrogens with zero attached hydrogens (tertiary/aromatic N) is 2. The highest BCUT2D eigenvalue weighted by atomic mass is 16.5. The second-order valence-corrected chi connectivity index (χ2v) is 7.95. The van der Waals surface area contributed by atoms with E-state index >= 15 is 0 Å². The Bertz CT molecular complexity index is 852. The van der Waals surface area contributed by atoms with Crippen LogP contribution in [0.2, 0.25) is 0 Å². The van der Waals surface area contributed by atoms with Gasteiger partial charge in [0.05, 0.1) is 19.1 Å². The minimum absolute atomic E-state index is 0.0729. The van der Waals surface area contributed by atoms with Gasteiger partial charge in [-0.3, -0.25) is 9.59 Å². The molecule has 2 aromatic rings. The summed E-state index contributed by atoms with van der Waals surface area (Å²) >= 11 is 0. The van der Waals surface area contributed by atoms with E-state index in [-0.39, 0.29) is 23.8 Å². The Hall–Kier alpha value is -2.82. The number of amides is 2. The van der Waals surface area contributed by atoms with Crippen molar-refractivity contribution >= 4 is 11.8 Å². The van der Waals surface area contributed by atoms with Gasteiger partial charge in [-0.1, -0.05) is 61.9 Å². The Balaban J connectivity index is 1.93. The highest BCUT2D eigenvalue weighted by Gasteiger charge is 2.42. The first kappa shape index (κ1) is 21.9. The summed E-state index contributed by atoms with van der Waals surface area (Å²) in [5.74, 6) is 0.629. The molecule has 2 unspecified atom stereocenters. The van der Waals surface area contributed by atoms with Crippen molar-refractivity contribution in [1.82, 2.24) is 9.80 Å². The van der Waals surface area contributed by atoms with Crippen molar-refractivity contribution in [2.24, 2.45) is 5.92 Å². The predicted octanol–water partition coefficient (Wildman–Crippen LogP) is 4.43. The zero-order valence-electron chi connectivity index (χ0n) is 18.2. The smallest absolute Gasteiger partial charge is 0.228 e. The quantitative estimate of drug-likeness (QED) is 0.649. The number of ether oxygens (including phenoxy) is 1. The zero-order valence-corrected chi connectivity index (χ0v) is 18.2. The van der Waals surface area contributed by atoms with Crippen molar-refractivity contribution < 1.29 is 14.3 Å². The van der Waals surface area contributed by atoms with Crippen molar-refractivity contribution in [1.29, 1.82) is 0 Å². The predicted molar refractivity (Wildman–Crippen MR) is 118 cm³/mol. The lowest BCUT2D eigenvalue weighted by molar-refractivity contribution is -0.147. The third-order valence-corrected chi connectivity index (χ3v) is 5.87. The lowest BCUT2D eigenvalue weighted by Gasteiger charge is -2.42. The molecule has 3 rings (SSSR count). The minimum atomic E-state index is -0.306. The number of benzene rings is 2. The topological polar surface area (TPSA) is 49.9 Å². The second-order valence-electron chi connectivity index (χ2n) is 7.95. The molecule has 0 aromatic heterocycles. The fraction of sp³-hybridized carbons (Fsp3) is 0.440. The maximum Gasteiger partial charge on any atom is 0.228 e. The summed E-state index contributed by atoms with van der Waals surface area (Å²) in [6.07, 6.45) is 2.88. The lowest BCUT2D eigenvalue weighted by atomic mass is 9.82. The van der Waals surface area contributed by atoms with Crippen LogP contribution in [0.1, 0.15) is 49.8 Å². The van der Waals surface area contributed by atoms with Crippen molar-refractivity contribution in [3.05, 3.63) is 65.7 Å². The third kappa shape index (κ3) is 4.84. The largest absolute Gasteiger partial charge is 0.496 e. The molecule has 160 valence electrons. The number of rotatable bonds is 8. The Labute approximate surface area is 179 Å². The molecule has 0 radical (unpaired) electrons. The summed E-state index contributed by atoms with van der Waals surface area (Å²) < 4.78 is 5.61. The van der Waals surface area contributed by atoms with Crippen LogP contribution in [0.3, 0.4) is 0 Å². The van der Waals surface area contributed by atoms with E-state index < -0.39 is 0 Å². The molecule has 0 saturated carbocycles. The molecule has 5 nitrogen and oxygen atoms in total. The number of carbonyl (C=O) groups is 2. The molecule has 5 heteroatoms. The van der Waals surface area contributed by atoms with Crippen LogP contribution >= 0.6 is 0 Å². The van der Waals surface area contributed by atoms with Gasteiger partial charge in [-0.15, -0.1) is 0 Å². The molecular formula is C25H32N2O3. The molecule has 0 aliphatic carbocycles. The van der Waals surface area contributed by atoms with Crippen LogP contribution in [0.25, 0.3) is 0 Å². The lowest BCUT2D eigenvalue weighted by Crippen LogP contribution is -2.48. The van der Waals surface area contributed by atoms with Gasteiger partial charge in [0.2, 0.25) is 11.8 Å². The fourth-order valence-electron chi connectivity index (χ4n) is 4.32. The first-order chi connectivity index (χ1) is 14.6. The van der Waals surface area contributed by atoms with Crippen LogP contribution in [0, 0.1) is 5.92 Å². The fourth-order valence-corrected chi connectivity index (χ4v) is 4.32. The van der Waals surface area contributed by atoms with Crippen molar-refractivity contribution in [2.75, 3.05) is 20.7 Å². The Morgan fingerprint density at radius 1 is 1.13 bits per heavy atom. The van der Waals surface area contributed by atoms with Crippen LogP contribution in [-0.4, -0.2) is 42.3 Å². The van der Waals surface area contributed by atoms with Crippen molar-refractivity contribution in [3.8, 4) is 5.75 Å². The first-order valence-electron chi connectivity index (χ1n) is 10.8. The number of hydrogen-bond donors (Lipinski definition) is 0. The number of methoxy groups -OCH3 is 1. The minimum Gasteiger partial charge on any atom is -0.496 e. The molecule has 2 atom stereocenters. The highest BCUT2D eigenvalue weighted by Crippen LogP contribution is 2.41. The number of piperidine rings is 1. The van der Waals surface area contributed by atoms with Gasteiger partial charge in [0.25, 0.3) is 0 Å². The average molecular weight is 409 g/mol. The molecule has 1 fully saturated rings. The van der Waals surface area contributed by atoms with E-state index in [0.29, 0.717) is 25.9 Å². The maximum atomic E-state index is 13.6. The number of unbranched alkanes of at least 4 members (excludes halogenated alkanes) is 1. The van der Waals surface area contributed by atoms with Gasteiger partial charge >= 0.3 is 0 Å². The average Bonchev–Trinajstić information content (AvgIpc) is 2.78. The van der Waals surface area contributed by atoms with E-state index in [9.17, 15) is 9.59 Å². The summed E-state index contributed by atoms with van der Waals surface area (Å²) in [5, 5.41) is 0. The molecule has 1 aliphatic rings. The van der Waals surface area contributed by atoms with Gasteiger partial charge in [0.1, 0.15) is 5.75 Å². The first-order valence-corrected chi connectivity index (χ1v) is 10.8. The molecule has 1 heterocycles. The van der Waals surface area contributed by atoms with E-state index in [2.05, 4.69) is 6.92 Å². The molecule has 0 spiro atoms. The van der Waals surface area contributed by atoms with E-state index in [1.54, 1.807) is 12.0 Å². The van der Waals surface area contributed by atoms with Crippen LogP contribution in [0.4, 0.5) is 0 Å². The van der Waals surface area contributed by atoms with Crippen LogP contribution in [0.5, 0.6) is 5.75 Å². The van der Waals surface area contributed by atoms with Gasteiger partial charge in [-0.05, 0) is 24.5 Å². The molecule has 1 aliphatic heterocycles. The molecular weight excluding hydrogens is 376 g/mol. The maximum absolute atomic E-state index is 13.6. The third-order valence-electron chi connectivity index (χ3n) is 5.87. The molecule has 1 saturated heterocycles. The van der Waals surface area contributed by atoms with Crippen LogP contribution in [-0.2, 0) is 16.1 Å². The number of hydrogen-bond acceptors (Lipinski definition) is 3. The Kier molecular flexibility index (Phi) is 7.50. The van der Waals surface area contributed by atoms with E-state index in [1.165, 1.54) is 0 Å². The molecule has 30 heavy (non-hydrogen) atoms. The molecule has 0 bridgehead atoms. The molecule has 2 aromatic carbocycles. The number of para-hydroxylation sites is 1. The van der Waals surface area contributed by atoms with Gasteiger partial charge in [0, 0.05) is 32.1 Å². The highest BCUT2D eigenvalue weighted by molar-refractivity contribution is 5.85. The summed E-state index contributed by atoms with van der Waals surface area (Å²) in [4.78, 5) is 30.1. The van der Waals surface area contributed by atoms with Gasteiger partial charge < -0.3 is 14.5 Å². The Morgan fingerprint density at radius 3 is 2.53 bits per heavy atom. The summed E-state index contributed by atoms with van der Waals surface area (Å²) in [7, 11) is 3.49. The normalized spacial score (nSPS) is 18.9. The summed E-state index contributed by atoms with van der Waals surface area (Å²) in [6, 6.07) is 17.4. The monoisotopic (exact) mass is 408 g/mol. The van der Waals surface area contributed by atoms with Gasteiger partial charge in [-0.25, -0.2) is 0 Å². The van der Waals surface area contributed by atoms with E-state index in [1.807, 2.05) is 66.5 Å². The molecule has 2 amide bonds. The second kappa shape index (κ2) is 10.3. The van der Waals surface area contributed by atoms with Crippen LogP contribution < -0.4 is 4.74 Å². The van der Waals surface area contributed by atoms with E-state index in [4.69, 9.17) is 4.74 Å². The molecule has 0 N–H and O–H groups in total. The SMILES string of the molecule is CCCCN1C(=O)CCC(C(=O)N(C)Cc2ccccc2)C1c1ccccc1OC. The Morgan fingerprint density at radius 2 is 1.83 bits per heavy atom. The van der Waals surface area contributed by atoms with Gasteiger partial charge in [0.15, 0.2) is 0 Å². The number of likely N-dealkylation sites (tertiary alicyclic amines) is 1. The van der Waals surface area contributed by atoms with Crippen molar-refractivity contribution in [3.63, 3.8) is 0 Å². The standard InChI is InChI=1S/C25H32N2O3/c1-4-5-17-27-23(28)16-15-21(24(27)20-13-9-10-14-22(20)30-3)25(29)26(2)18-19-11-7-6-8-12-19/h6-14,21,24H,4-5,15-18H2,1-3H3. The summed E-state index contributed by atoms with van der Waals surface area (Å²) in [6.45, 7) is 3.32. The van der Waals surface area contributed by atoms with E-state index in [0.717, 1.165) is 29.7 Å². The number of carbonyl (C=O) groups excluding carboxylic acids is 2. The summed E-state index contributed by atoms with van der Waals surface area (Å²) in [5.41, 5.74) is 2.01. The zero-order chi connectivity index (χ0) is 21.5. The van der Waals surface area contributed by atoms with Crippen molar-refractivity contribution in [2.45, 2.75) is 45.2 Å². The van der Waals surface area contributed by atoms with Crippen LogP contribution in [0.15, 0.2) is 54.6 Å². The van der Waals surface area contributed by atoms with Gasteiger partial charge in [-0.2, -0.15) is 0 Å².